The molecule has 0 bridgehead atoms. The zero-order valence-corrected chi connectivity index (χ0v) is 13.8. The Labute approximate surface area is 150 Å². The van der Waals surface area contributed by atoms with Gasteiger partial charge in [0.2, 0.25) is 0 Å². The van der Waals surface area contributed by atoms with E-state index in [9.17, 15) is 28.1 Å². The van der Waals surface area contributed by atoms with Gasteiger partial charge in [0.25, 0.3) is 5.69 Å². The number of hydrogen-bond donors (Lipinski definition) is 0. The summed E-state index contributed by atoms with van der Waals surface area (Å²) in [6, 6.07) is 7.05. The summed E-state index contributed by atoms with van der Waals surface area (Å²) in [4.78, 5) is 22.8. The summed E-state index contributed by atoms with van der Waals surface area (Å²) in [7, 11) is 1.13. The number of fused-ring (bicyclic) bond motifs is 1. The smallest absolute Gasteiger partial charge is 0.416 e. The van der Waals surface area contributed by atoms with Crippen molar-refractivity contribution in [2.45, 2.75) is 12.2 Å². The van der Waals surface area contributed by atoms with E-state index in [1.54, 1.807) is 0 Å². The third-order valence-corrected chi connectivity index (χ3v) is 3.98. The van der Waals surface area contributed by atoms with Crippen molar-refractivity contribution in [3.63, 3.8) is 0 Å². The molecule has 3 rings (SSSR count). The standard InChI is InChI=1S/C17H12F3N3O4/c1-27-16(24)15(10-5-7-11(8-6-10)17(18,19)20)22-9-12-13(21-22)3-2-4-14(12)23(25)26/h2-9,15H,1H3. The van der Waals surface area contributed by atoms with Crippen molar-refractivity contribution in [3.05, 3.63) is 69.9 Å². The van der Waals surface area contributed by atoms with E-state index < -0.39 is 28.7 Å². The topological polar surface area (TPSA) is 87.3 Å². The number of carbonyl (C=O) groups is 1. The van der Waals surface area contributed by atoms with Gasteiger partial charge in [-0.15, -0.1) is 0 Å². The number of nitrogens with zero attached hydrogens (tertiary/aromatic N) is 3. The van der Waals surface area contributed by atoms with Gasteiger partial charge in [-0.05, 0) is 23.8 Å². The summed E-state index contributed by atoms with van der Waals surface area (Å²) in [5, 5.41) is 15.5. The minimum atomic E-state index is -4.51. The number of alkyl halides is 3. The quantitative estimate of drug-likeness (QED) is 0.392. The van der Waals surface area contributed by atoms with E-state index in [0.717, 1.165) is 36.1 Å². The van der Waals surface area contributed by atoms with Crippen LogP contribution in [-0.4, -0.2) is 27.8 Å². The van der Waals surface area contributed by atoms with Crippen LogP contribution >= 0.6 is 0 Å². The minimum Gasteiger partial charge on any atom is -0.467 e. The molecule has 3 aromatic rings. The van der Waals surface area contributed by atoms with Crippen LogP contribution in [0.2, 0.25) is 0 Å². The van der Waals surface area contributed by atoms with E-state index in [0.29, 0.717) is 0 Å². The number of esters is 1. The van der Waals surface area contributed by atoms with E-state index in [2.05, 4.69) is 5.10 Å². The van der Waals surface area contributed by atoms with E-state index in [1.165, 1.54) is 24.4 Å². The molecule has 0 aliphatic rings. The number of nitro benzene ring substituents is 1. The number of methoxy groups -OCH3 is 1. The number of ether oxygens (including phenoxy) is 1. The Morgan fingerprint density at radius 2 is 1.89 bits per heavy atom. The van der Waals surface area contributed by atoms with Crippen LogP contribution in [0.4, 0.5) is 18.9 Å². The highest BCUT2D eigenvalue weighted by molar-refractivity contribution is 5.88. The van der Waals surface area contributed by atoms with Gasteiger partial charge in [0.15, 0.2) is 6.04 Å². The number of rotatable bonds is 4. The lowest BCUT2D eigenvalue weighted by atomic mass is 10.0. The van der Waals surface area contributed by atoms with Crippen molar-refractivity contribution in [1.82, 2.24) is 9.78 Å². The normalized spacial score (nSPS) is 12.7. The number of non-ortho nitro benzene ring substituents is 1. The molecule has 140 valence electrons. The van der Waals surface area contributed by atoms with Crippen LogP contribution in [0.3, 0.4) is 0 Å². The minimum absolute atomic E-state index is 0.198. The van der Waals surface area contributed by atoms with Crippen LogP contribution < -0.4 is 0 Å². The lowest BCUT2D eigenvalue weighted by Crippen LogP contribution is -2.22. The van der Waals surface area contributed by atoms with Gasteiger partial charge < -0.3 is 4.74 Å². The second-order valence-corrected chi connectivity index (χ2v) is 5.62. The van der Waals surface area contributed by atoms with E-state index in [4.69, 9.17) is 4.74 Å². The predicted octanol–water partition coefficient (Wildman–Crippen LogP) is 3.73. The highest BCUT2D eigenvalue weighted by Gasteiger charge is 2.32. The number of halogens is 3. The molecule has 10 heteroatoms. The number of nitro groups is 1. The predicted molar refractivity (Wildman–Crippen MR) is 88.0 cm³/mol. The first kappa shape index (κ1) is 18.4. The van der Waals surface area contributed by atoms with Gasteiger partial charge in [0.1, 0.15) is 0 Å². The van der Waals surface area contributed by atoms with Gasteiger partial charge in [-0.2, -0.15) is 18.3 Å². The first-order valence-corrected chi connectivity index (χ1v) is 7.59. The lowest BCUT2D eigenvalue weighted by Gasteiger charge is -2.16. The molecule has 1 heterocycles. The largest absolute Gasteiger partial charge is 0.467 e. The van der Waals surface area contributed by atoms with E-state index >= 15 is 0 Å². The van der Waals surface area contributed by atoms with Crippen molar-refractivity contribution < 1.29 is 27.6 Å². The van der Waals surface area contributed by atoms with Crippen molar-refractivity contribution >= 4 is 22.6 Å². The van der Waals surface area contributed by atoms with Gasteiger partial charge in [-0.3, -0.25) is 14.8 Å². The third-order valence-electron chi connectivity index (χ3n) is 3.98. The van der Waals surface area contributed by atoms with Gasteiger partial charge >= 0.3 is 12.1 Å². The second-order valence-electron chi connectivity index (χ2n) is 5.62. The average Bonchev–Trinajstić information content (AvgIpc) is 3.04. The molecular weight excluding hydrogens is 367 g/mol. The van der Waals surface area contributed by atoms with Gasteiger partial charge in [-0.25, -0.2) is 4.79 Å². The molecule has 1 unspecified atom stereocenters. The zero-order valence-electron chi connectivity index (χ0n) is 13.8. The van der Waals surface area contributed by atoms with E-state index in [1.807, 2.05) is 0 Å². The Morgan fingerprint density at radius 3 is 2.44 bits per heavy atom. The molecule has 0 amide bonds. The molecule has 0 spiro atoms. The fourth-order valence-electron chi connectivity index (χ4n) is 2.70. The molecule has 0 saturated carbocycles. The fraction of sp³-hybridized carbons (Fsp3) is 0.176. The summed E-state index contributed by atoms with van der Waals surface area (Å²) in [5.41, 5.74) is -0.596. The first-order valence-electron chi connectivity index (χ1n) is 7.59. The Kier molecular flexibility index (Phi) is 4.56. The second kappa shape index (κ2) is 6.71. The Morgan fingerprint density at radius 1 is 1.22 bits per heavy atom. The molecule has 27 heavy (non-hydrogen) atoms. The maximum atomic E-state index is 12.8. The maximum Gasteiger partial charge on any atom is 0.416 e. The molecule has 2 aromatic carbocycles. The van der Waals surface area contributed by atoms with Gasteiger partial charge in [0.05, 0.1) is 28.5 Å². The molecule has 0 N–H and O–H groups in total. The third kappa shape index (κ3) is 3.46. The summed E-state index contributed by atoms with van der Waals surface area (Å²) < 4.78 is 44.1. The van der Waals surface area contributed by atoms with Gasteiger partial charge in [-0.1, -0.05) is 18.2 Å². The van der Waals surface area contributed by atoms with Crippen LogP contribution in [0, 0.1) is 10.1 Å². The Hall–Kier alpha value is -3.43. The Bertz CT molecular complexity index is 1010. The number of carbonyl (C=O) groups excluding carboxylic acids is 1. The summed E-state index contributed by atoms with van der Waals surface area (Å²) in [5.74, 6) is -0.773. The highest BCUT2D eigenvalue weighted by atomic mass is 19.4. The zero-order chi connectivity index (χ0) is 19.8. The van der Waals surface area contributed by atoms with Crippen molar-refractivity contribution in [1.29, 1.82) is 0 Å². The van der Waals surface area contributed by atoms with Gasteiger partial charge in [0, 0.05) is 12.3 Å². The van der Waals surface area contributed by atoms with Crippen LogP contribution in [0.1, 0.15) is 17.2 Å². The van der Waals surface area contributed by atoms with Crippen LogP contribution in [0.15, 0.2) is 48.7 Å². The summed E-state index contributed by atoms with van der Waals surface area (Å²) >= 11 is 0. The SMILES string of the molecule is COC(=O)C(c1ccc(C(F)(F)F)cc1)n1cc2c([N+](=O)[O-])cccc2n1. The van der Waals surface area contributed by atoms with Crippen molar-refractivity contribution in [2.75, 3.05) is 7.11 Å². The molecule has 1 atom stereocenters. The van der Waals surface area contributed by atoms with Crippen molar-refractivity contribution in [2.24, 2.45) is 0 Å². The molecule has 0 aliphatic heterocycles. The molecule has 0 aliphatic carbocycles. The van der Waals surface area contributed by atoms with Crippen LogP contribution in [0.5, 0.6) is 0 Å². The lowest BCUT2D eigenvalue weighted by molar-refractivity contribution is -0.383. The molecule has 0 fully saturated rings. The molecule has 1 aromatic heterocycles. The monoisotopic (exact) mass is 379 g/mol. The van der Waals surface area contributed by atoms with Crippen LogP contribution in [0.25, 0.3) is 10.9 Å². The maximum absolute atomic E-state index is 12.8. The number of benzene rings is 2. The fourth-order valence-corrected chi connectivity index (χ4v) is 2.70. The average molecular weight is 379 g/mol. The molecule has 0 saturated heterocycles. The molecule has 0 radical (unpaired) electrons. The molecular formula is C17H12F3N3O4. The van der Waals surface area contributed by atoms with E-state index in [-0.39, 0.29) is 22.2 Å². The first-order chi connectivity index (χ1) is 12.7. The number of aromatic nitrogens is 2. The van der Waals surface area contributed by atoms with Crippen LogP contribution in [-0.2, 0) is 15.7 Å². The highest BCUT2D eigenvalue weighted by Crippen LogP contribution is 2.32. The summed E-state index contributed by atoms with van der Waals surface area (Å²) in [6.07, 6.45) is -3.22. The Balaban J connectivity index is 2.11. The van der Waals surface area contributed by atoms with Crippen molar-refractivity contribution in [3.8, 4) is 0 Å². The summed E-state index contributed by atoms with van der Waals surface area (Å²) in [6.45, 7) is 0. The molecule has 7 nitrogen and oxygen atoms in total. The number of hydrogen-bond acceptors (Lipinski definition) is 5.